The first kappa shape index (κ1) is 7.39. The number of nitrogens with two attached hydrogens (primary N) is 1. The number of nitrogens with one attached hydrogen (secondary N) is 1. The third-order valence-electron chi connectivity index (χ3n) is 3.56. The molecule has 0 radical (unpaired) electrons. The molecular weight excluding hydrogens is 160 g/mol. The van der Waals surface area contributed by atoms with E-state index < -0.39 is 0 Å². The standard InChI is InChI=1S/C11H14N2/c12-10-4-2-1-3-9(10)11-5-8(11)6-13-7-11/h1-4,8,13H,5-7,12H2. The molecule has 2 atom stereocenters. The number of hydrogen-bond donors (Lipinski definition) is 2. The molecule has 3 N–H and O–H groups in total. The van der Waals surface area contributed by atoms with Crippen molar-refractivity contribution >= 4 is 5.69 Å². The van der Waals surface area contributed by atoms with Gasteiger partial charge < -0.3 is 11.1 Å². The van der Waals surface area contributed by atoms with Crippen molar-refractivity contribution < 1.29 is 0 Å². The predicted octanol–water partition coefficient (Wildman–Crippen LogP) is 1.13. The molecule has 1 heterocycles. The SMILES string of the molecule is Nc1ccccc1C12CNCC1C2. The highest BCUT2D eigenvalue weighted by Crippen LogP contribution is 2.57. The molecule has 0 aromatic heterocycles. The van der Waals surface area contributed by atoms with Crippen molar-refractivity contribution in [2.24, 2.45) is 5.92 Å². The van der Waals surface area contributed by atoms with Crippen molar-refractivity contribution in [2.75, 3.05) is 18.8 Å². The lowest BCUT2D eigenvalue weighted by molar-refractivity contribution is 0.677. The van der Waals surface area contributed by atoms with Crippen LogP contribution in [-0.4, -0.2) is 13.1 Å². The van der Waals surface area contributed by atoms with Crippen molar-refractivity contribution in [3.05, 3.63) is 29.8 Å². The van der Waals surface area contributed by atoms with Crippen LogP contribution >= 0.6 is 0 Å². The van der Waals surface area contributed by atoms with Gasteiger partial charge in [0, 0.05) is 17.6 Å². The van der Waals surface area contributed by atoms with Crippen LogP contribution in [0.25, 0.3) is 0 Å². The average Bonchev–Trinajstić information content (AvgIpc) is 2.70. The fourth-order valence-electron chi connectivity index (χ4n) is 2.71. The zero-order chi connectivity index (χ0) is 8.89. The third kappa shape index (κ3) is 0.866. The fourth-order valence-corrected chi connectivity index (χ4v) is 2.71. The van der Waals surface area contributed by atoms with Crippen LogP contribution in [0.1, 0.15) is 12.0 Å². The molecule has 68 valence electrons. The quantitative estimate of drug-likeness (QED) is 0.626. The van der Waals surface area contributed by atoms with Gasteiger partial charge in [-0.3, -0.25) is 0 Å². The van der Waals surface area contributed by atoms with E-state index in [2.05, 4.69) is 17.4 Å². The van der Waals surface area contributed by atoms with Gasteiger partial charge in [-0.05, 0) is 30.5 Å². The molecule has 13 heavy (non-hydrogen) atoms. The van der Waals surface area contributed by atoms with E-state index in [1.54, 1.807) is 0 Å². The Balaban J connectivity index is 2.06. The van der Waals surface area contributed by atoms with E-state index in [1.165, 1.54) is 18.5 Å². The zero-order valence-electron chi connectivity index (χ0n) is 7.59. The highest BCUT2D eigenvalue weighted by molar-refractivity contribution is 5.55. The summed E-state index contributed by atoms with van der Waals surface area (Å²) < 4.78 is 0. The zero-order valence-corrected chi connectivity index (χ0v) is 7.59. The monoisotopic (exact) mass is 174 g/mol. The maximum Gasteiger partial charge on any atom is 0.0352 e. The summed E-state index contributed by atoms with van der Waals surface area (Å²) in [5, 5.41) is 3.43. The number of anilines is 1. The van der Waals surface area contributed by atoms with Crippen LogP contribution in [0, 0.1) is 5.92 Å². The number of para-hydroxylation sites is 1. The van der Waals surface area contributed by atoms with Crippen molar-refractivity contribution in [1.82, 2.24) is 5.32 Å². The van der Waals surface area contributed by atoms with E-state index in [4.69, 9.17) is 5.73 Å². The van der Waals surface area contributed by atoms with Crippen LogP contribution in [0.4, 0.5) is 5.69 Å². The van der Waals surface area contributed by atoms with Crippen LogP contribution in [-0.2, 0) is 5.41 Å². The van der Waals surface area contributed by atoms with Crippen molar-refractivity contribution in [1.29, 1.82) is 0 Å². The maximum absolute atomic E-state index is 5.98. The Labute approximate surface area is 78.1 Å². The maximum atomic E-state index is 5.98. The Morgan fingerprint density at radius 1 is 1.38 bits per heavy atom. The smallest absolute Gasteiger partial charge is 0.0352 e. The van der Waals surface area contributed by atoms with E-state index in [9.17, 15) is 0 Å². The molecule has 2 aliphatic rings. The number of fused-ring (bicyclic) bond motifs is 1. The minimum Gasteiger partial charge on any atom is -0.398 e. The van der Waals surface area contributed by atoms with E-state index in [0.29, 0.717) is 5.41 Å². The number of hydrogen-bond acceptors (Lipinski definition) is 2. The van der Waals surface area contributed by atoms with E-state index in [0.717, 1.165) is 18.2 Å². The van der Waals surface area contributed by atoms with Gasteiger partial charge in [0.15, 0.2) is 0 Å². The van der Waals surface area contributed by atoms with E-state index in [-0.39, 0.29) is 0 Å². The van der Waals surface area contributed by atoms with Gasteiger partial charge in [0.05, 0.1) is 0 Å². The minimum absolute atomic E-state index is 0.408. The van der Waals surface area contributed by atoms with Gasteiger partial charge in [0.2, 0.25) is 0 Å². The summed E-state index contributed by atoms with van der Waals surface area (Å²) in [5.41, 5.74) is 8.72. The lowest BCUT2D eigenvalue weighted by Gasteiger charge is -2.14. The van der Waals surface area contributed by atoms with Gasteiger partial charge in [-0.2, -0.15) is 0 Å². The molecule has 2 unspecified atom stereocenters. The summed E-state index contributed by atoms with van der Waals surface area (Å²) in [7, 11) is 0. The van der Waals surface area contributed by atoms with Crippen LogP contribution in [0.3, 0.4) is 0 Å². The summed E-state index contributed by atoms with van der Waals surface area (Å²) in [4.78, 5) is 0. The average molecular weight is 174 g/mol. The number of piperidine rings is 1. The van der Waals surface area contributed by atoms with Crippen LogP contribution in [0.5, 0.6) is 0 Å². The summed E-state index contributed by atoms with van der Waals surface area (Å²) in [6.45, 7) is 2.29. The molecule has 1 saturated carbocycles. The predicted molar refractivity (Wildman–Crippen MR) is 53.5 cm³/mol. The second kappa shape index (κ2) is 2.26. The van der Waals surface area contributed by atoms with E-state index in [1.807, 2.05) is 12.1 Å². The van der Waals surface area contributed by atoms with Gasteiger partial charge in [0.25, 0.3) is 0 Å². The molecule has 0 spiro atoms. The van der Waals surface area contributed by atoms with Gasteiger partial charge in [-0.25, -0.2) is 0 Å². The molecule has 0 amide bonds. The van der Waals surface area contributed by atoms with Gasteiger partial charge in [-0.15, -0.1) is 0 Å². The first-order valence-electron chi connectivity index (χ1n) is 4.89. The first-order chi connectivity index (χ1) is 6.33. The number of rotatable bonds is 1. The number of benzene rings is 1. The highest BCUT2D eigenvalue weighted by Gasteiger charge is 2.58. The topological polar surface area (TPSA) is 38.0 Å². The summed E-state index contributed by atoms with van der Waals surface area (Å²) in [6.07, 6.45) is 1.33. The summed E-state index contributed by atoms with van der Waals surface area (Å²) in [5.74, 6) is 0.845. The third-order valence-corrected chi connectivity index (χ3v) is 3.56. The Kier molecular flexibility index (Phi) is 1.29. The van der Waals surface area contributed by atoms with Gasteiger partial charge in [0.1, 0.15) is 0 Å². The van der Waals surface area contributed by atoms with Crippen molar-refractivity contribution in [3.8, 4) is 0 Å². The van der Waals surface area contributed by atoms with Crippen LogP contribution in [0.15, 0.2) is 24.3 Å². The second-order valence-corrected chi connectivity index (χ2v) is 4.28. The summed E-state index contributed by atoms with van der Waals surface area (Å²) in [6, 6.07) is 8.30. The molecule has 1 aliphatic heterocycles. The molecule has 1 aromatic rings. The number of nitrogen functional groups attached to an aromatic ring is 1. The summed E-state index contributed by atoms with van der Waals surface area (Å²) >= 11 is 0. The van der Waals surface area contributed by atoms with Gasteiger partial charge >= 0.3 is 0 Å². The molecule has 1 aromatic carbocycles. The van der Waals surface area contributed by atoms with Crippen LogP contribution in [0.2, 0.25) is 0 Å². The molecule has 1 aliphatic carbocycles. The van der Waals surface area contributed by atoms with Crippen LogP contribution < -0.4 is 11.1 Å². The van der Waals surface area contributed by atoms with Crippen molar-refractivity contribution in [3.63, 3.8) is 0 Å². The fraction of sp³-hybridized carbons (Fsp3) is 0.455. The Bertz CT molecular complexity index is 348. The normalized spacial score (nSPS) is 35.8. The molecule has 3 rings (SSSR count). The molecule has 2 nitrogen and oxygen atoms in total. The van der Waals surface area contributed by atoms with Crippen molar-refractivity contribution in [2.45, 2.75) is 11.8 Å². The second-order valence-electron chi connectivity index (χ2n) is 4.28. The minimum atomic E-state index is 0.408. The van der Waals surface area contributed by atoms with E-state index >= 15 is 0 Å². The lowest BCUT2D eigenvalue weighted by atomic mass is 9.94. The Morgan fingerprint density at radius 2 is 2.23 bits per heavy atom. The largest absolute Gasteiger partial charge is 0.398 e. The Hall–Kier alpha value is -1.02. The first-order valence-corrected chi connectivity index (χ1v) is 4.89. The molecule has 1 saturated heterocycles. The van der Waals surface area contributed by atoms with Gasteiger partial charge in [-0.1, -0.05) is 18.2 Å². The molecule has 2 heteroatoms. The molecule has 0 bridgehead atoms. The molecular formula is C11H14N2. The lowest BCUT2D eigenvalue weighted by Crippen LogP contribution is -2.20. The Morgan fingerprint density at radius 3 is 2.85 bits per heavy atom. The highest BCUT2D eigenvalue weighted by atomic mass is 15.0. The molecule has 2 fully saturated rings.